The van der Waals surface area contributed by atoms with Gasteiger partial charge in [-0.05, 0) is 109 Å². The van der Waals surface area contributed by atoms with Crippen LogP contribution in [0.25, 0.3) is 0 Å². The maximum absolute atomic E-state index is 12.9. The number of rotatable bonds is 54. The van der Waals surface area contributed by atoms with E-state index in [9.17, 15) is 28.9 Å². The van der Waals surface area contributed by atoms with Crippen molar-refractivity contribution < 1.29 is 52.2 Å². The Kier molecular flexibility index (Phi) is 53.4. The molecule has 0 fully saturated rings. The van der Waals surface area contributed by atoms with Crippen LogP contribution in [0, 0.1) is 0 Å². The minimum atomic E-state index is -4.77. The third kappa shape index (κ3) is 53.5. The number of carbonyl (C=O) groups excluding carboxylic acids is 3. The number of esters is 3. The van der Waals surface area contributed by atoms with Crippen molar-refractivity contribution >= 4 is 25.7 Å². The minimum Gasteiger partial charge on any atom is -0.462 e. The molecule has 3 unspecified atom stereocenters. The third-order valence-electron chi connectivity index (χ3n) is 12.3. The van der Waals surface area contributed by atoms with Crippen LogP contribution in [-0.4, -0.2) is 66.5 Å². The van der Waals surface area contributed by atoms with Crippen molar-refractivity contribution in [1.29, 1.82) is 0 Å². The van der Waals surface area contributed by atoms with E-state index < -0.39 is 57.8 Å². The summed E-state index contributed by atoms with van der Waals surface area (Å²) in [6.07, 6.45) is 64.0. The summed E-state index contributed by atoms with van der Waals surface area (Å²) in [5, 5.41) is 9.81. The van der Waals surface area contributed by atoms with Crippen LogP contribution in [0.1, 0.15) is 252 Å². The highest BCUT2D eigenvalue weighted by Crippen LogP contribution is 2.43. The highest BCUT2D eigenvalue weighted by Gasteiger charge is 2.28. The number of carbonyl (C=O) groups is 3. The number of aliphatic hydroxyl groups is 1. The molecule has 3 atom stereocenters. The van der Waals surface area contributed by atoms with Gasteiger partial charge in [0.05, 0.1) is 19.8 Å². The van der Waals surface area contributed by atoms with Crippen molar-refractivity contribution in [2.24, 2.45) is 0 Å². The van der Waals surface area contributed by atoms with E-state index in [4.69, 9.17) is 23.3 Å². The predicted molar refractivity (Wildman–Crippen MR) is 307 cm³/mol. The van der Waals surface area contributed by atoms with Gasteiger partial charge in [0, 0.05) is 19.3 Å². The summed E-state index contributed by atoms with van der Waals surface area (Å²) < 4.78 is 39.5. The average Bonchev–Trinajstić information content (AvgIpc) is 3.39. The maximum Gasteiger partial charge on any atom is 0.472 e. The van der Waals surface area contributed by atoms with Crippen LogP contribution in [0.5, 0.6) is 0 Å². The molecule has 0 amide bonds. The highest BCUT2D eigenvalue weighted by molar-refractivity contribution is 7.47. The molecule has 0 spiro atoms. The zero-order valence-corrected chi connectivity index (χ0v) is 47.9. The zero-order valence-electron chi connectivity index (χ0n) is 47.0. The molecule has 0 radical (unpaired) electrons. The van der Waals surface area contributed by atoms with Crippen LogP contribution in [0.15, 0.2) is 85.1 Å². The molecule has 0 heterocycles. The molecule has 2 N–H and O–H groups in total. The summed E-state index contributed by atoms with van der Waals surface area (Å²) in [6, 6.07) is 0. The Balaban J connectivity index is 4.82. The van der Waals surface area contributed by atoms with Crippen LogP contribution >= 0.6 is 7.82 Å². The Labute approximate surface area is 451 Å². The van der Waals surface area contributed by atoms with E-state index in [1.807, 2.05) is 6.08 Å². The first-order chi connectivity index (χ1) is 36.2. The minimum absolute atomic E-state index is 0.145. The van der Waals surface area contributed by atoms with Gasteiger partial charge in [0.1, 0.15) is 12.7 Å². The largest absolute Gasteiger partial charge is 0.472 e. The number of allylic oxidation sites excluding steroid dienone is 14. The highest BCUT2D eigenvalue weighted by atomic mass is 31.2. The first-order valence-corrected chi connectivity index (χ1v) is 31.0. The second-order valence-corrected chi connectivity index (χ2v) is 20.9. The van der Waals surface area contributed by atoms with Gasteiger partial charge in [-0.25, -0.2) is 4.57 Å². The van der Waals surface area contributed by atoms with E-state index in [0.29, 0.717) is 25.7 Å². The molecule has 0 aliphatic carbocycles. The fourth-order valence-corrected chi connectivity index (χ4v) is 8.58. The van der Waals surface area contributed by atoms with Gasteiger partial charge in [-0.15, -0.1) is 0 Å². The lowest BCUT2D eigenvalue weighted by molar-refractivity contribution is -0.161. The van der Waals surface area contributed by atoms with E-state index in [2.05, 4.69) is 99.8 Å². The van der Waals surface area contributed by atoms with Crippen LogP contribution in [0.4, 0.5) is 0 Å². The number of phosphoric acid groups is 1. The summed E-state index contributed by atoms with van der Waals surface area (Å²) in [6.45, 7) is 4.44. The number of aliphatic hydroxyl groups excluding tert-OH is 1. The molecule has 426 valence electrons. The lowest BCUT2D eigenvalue weighted by Gasteiger charge is -2.21. The molecule has 11 nitrogen and oxygen atoms in total. The topological polar surface area (TPSA) is 155 Å². The van der Waals surface area contributed by atoms with E-state index in [1.165, 1.54) is 83.5 Å². The number of phosphoric ester groups is 1. The van der Waals surface area contributed by atoms with Gasteiger partial charge in [-0.1, -0.05) is 209 Å². The predicted octanol–water partition coefficient (Wildman–Crippen LogP) is 17.5. The smallest absolute Gasteiger partial charge is 0.462 e. The molecular formula is C62H107O11P. The molecule has 0 aromatic carbocycles. The first-order valence-electron chi connectivity index (χ1n) is 29.5. The molecule has 0 saturated carbocycles. The van der Waals surface area contributed by atoms with Crippen LogP contribution < -0.4 is 0 Å². The normalized spacial score (nSPS) is 14.0. The van der Waals surface area contributed by atoms with Gasteiger partial charge in [0.2, 0.25) is 0 Å². The molecule has 12 heteroatoms. The lowest BCUT2D eigenvalue weighted by Crippen LogP contribution is -2.30. The van der Waals surface area contributed by atoms with Crippen LogP contribution in [-0.2, 0) is 42.2 Å². The second-order valence-electron chi connectivity index (χ2n) is 19.4. The standard InChI is InChI=1S/C62H107O11P/c1-4-7-10-13-16-19-22-25-27-29-31-34-36-39-42-45-48-51-60(64)69-55-59(73-62(66)53-50-47-44-41-38-35-32-30-28-26-23-20-17-14-11-8-5-2)57-71-74(67,68)70-56-58(54-63)72-61(65)52-49-46-43-40-37-33-24-21-18-15-12-9-6-3/h7,10,16,19,21,24-28,31,34,39,42,58-59,63H,4-6,8-9,11-15,17-18,20,22-23,29-30,32-33,35-38,40-41,43-57H2,1-3H3,(H,67,68)/b10-7-,19-16-,24-21-,27-25-,28-26-,34-31-,42-39-. The van der Waals surface area contributed by atoms with E-state index in [1.54, 1.807) is 0 Å². The molecule has 0 saturated heterocycles. The van der Waals surface area contributed by atoms with Gasteiger partial charge >= 0.3 is 25.7 Å². The monoisotopic (exact) mass is 1060 g/mol. The maximum atomic E-state index is 12.9. The molecular weight excluding hydrogens is 952 g/mol. The lowest BCUT2D eigenvalue weighted by atomic mass is 10.1. The Morgan fingerprint density at radius 3 is 1.15 bits per heavy atom. The van der Waals surface area contributed by atoms with Crippen LogP contribution in [0.2, 0.25) is 0 Å². The Bertz CT molecular complexity index is 1560. The Hall–Kier alpha value is -3.34. The van der Waals surface area contributed by atoms with E-state index in [0.717, 1.165) is 103 Å². The van der Waals surface area contributed by atoms with Gasteiger partial charge in [0.15, 0.2) is 6.10 Å². The van der Waals surface area contributed by atoms with Crippen molar-refractivity contribution in [3.05, 3.63) is 85.1 Å². The average molecular weight is 1060 g/mol. The third-order valence-corrected chi connectivity index (χ3v) is 13.2. The van der Waals surface area contributed by atoms with Gasteiger partial charge < -0.3 is 24.2 Å². The summed E-state index contributed by atoms with van der Waals surface area (Å²) in [7, 11) is -4.77. The molecule has 74 heavy (non-hydrogen) atoms. The van der Waals surface area contributed by atoms with Crippen molar-refractivity contribution in [1.82, 2.24) is 0 Å². The molecule has 0 aromatic heterocycles. The second kappa shape index (κ2) is 55.9. The fourth-order valence-electron chi connectivity index (χ4n) is 7.79. The summed E-state index contributed by atoms with van der Waals surface area (Å²) in [5.74, 6) is -1.55. The molecule has 0 aromatic rings. The number of hydrogen-bond acceptors (Lipinski definition) is 10. The molecule has 0 bridgehead atoms. The number of unbranched alkanes of at least 4 members (excludes halogenated alkanes) is 23. The van der Waals surface area contributed by atoms with Crippen molar-refractivity contribution in [2.45, 2.75) is 264 Å². The van der Waals surface area contributed by atoms with E-state index >= 15 is 0 Å². The van der Waals surface area contributed by atoms with Gasteiger partial charge in [-0.3, -0.25) is 23.4 Å². The molecule has 0 rings (SSSR count). The van der Waals surface area contributed by atoms with Gasteiger partial charge in [-0.2, -0.15) is 0 Å². The quantitative estimate of drug-likeness (QED) is 0.0197. The van der Waals surface area contributed by atoms with Crippen LogP contribution in [0.3, 0.4) is 0 Å². The first kappa shape index (κ1) is 70.7. The fraction of sp³-hybridized carbons (Fsp3) is 0.726. The number of hydrogen-bond donors (Lipinski definition) is 2. The van der Waals surface area contributed by atoms with Gasteiger partial charge in [0.25, 0.3) is 0 Å². The molecule has 0 aliphatic heterocycles. The summed E-state index contributed by atoms with van der Waals surface area (Å²) in [5.41, 5.74) is 0. The van der Waals surface area contributed by atoms with Crippen molar-refractivity contribution in [3.8, 4) is 0 Å². The summed E-state index contributed by atoms with van der Waals surface area (Å²) in [4.78, 5) is 48.5. The molecule has 0 aliphatic rings. The summed E-state index contributed by atoms with van der Waals surface area (Å²) >= 11 is 0. The van der Waals surface area contributed by atoms with Crippen molar-refractivity contribution in [2.75, 3.05) is 26.4 Å². The number of ether oxygens (including phenoxy) is 3. The SMILES string of the molecule is CC/C=C\C/C=C\C/C=C\C/C=C\C/C=C\CCCC(=O)OCC(COP(=O)(O)OCC(CO)OC(=O)CCCCCCC/C=C\CCCCCC)OC(=O)CCCCCCCCC/C=C\CCCCCCCC. The Morgan fingerprint density at radius 1 is 0.392 bits per heavy atom. The van der Waals surface area contributed by atoms with E-state index in [-0.39, 0.29) is 25.9 Å². The zero-order chi connectivity index (χ0) is 54.1. The van der Waals surface area contributed by atoms with Crippen molar-refractivity contribution in [3.63, 3.8) is 0 Å². The Morgan fingerprint density at radius 2 is 0.716 bits per heavy atom.